The van der Waals surface area contributed by atoms with Crippen LogP contribution in [0.25, 0.3) is 0 Å². The van der Waals surface area contributed by atoms with Crippen LogP contribution in [-0.4, -0.2) is 32.8 Å². The second-order valence-corrected chi connectivity index (χ2v) is 5.11. The van der Waals surface area contributed by atoms with Gasteiger partial charge in [-0.1, -0.05) is 12.1 Å². The van der Waals surface area contributed by atoms with E-state index in [0.29, 0.717) is 22.8 Å². The lowest BCUT2D eigenvalue weighted by molar-refractivity contribution is -0.682. The minimum Gasteiger partial charge on any atom is -0.495 e. The third kappa shape index (κ3) is 2.33. The van der Waals surface area contributed by atoms with Crippen molar-refractivity contribution in [2.24, 2.45) is 0 Å². The number of rotatable bonds is 4. The van der Waals surface area contributed by atoms with E-state index >= 15 is 0 Å². The third-order valence-corrected chi connectivity index (χ3v) is 3.53. The summed E-state index contributed by atoms with van der Waals surface area (Å²) in [5.74, 6) is -0.187. The van der Waals surface area contributed by atoms with Gasteiger partial charge in [0.2, 0.25) is 0 Å². The first kappa shape index (κ1) is 15.5. The van der Waals surface area contributed by atoms with Gasteiger partial charge in [0.1, 0.15) is 10.8 Å². The molecular weight excluding hydrogens is 316 g/mol. The maximum absolute atomic E-state index is 12.6. The van der Waals surface area contributed by atoms with E-state index in [0.717, 1.165) is 4.63 Å². The number of hydrogen-bond donors (Lipinski definition) is 2. The number of amides is 1. The Morgan fingerprint density at radius 2 is 2.12 bits per heavy atom. The van der Waals surface area contributed by atoms with E-state index in [1.54, 1.807) is 31.2 Å². The molecule has 2 aromatic heterocycles. The summed E-state index contributed by atoms with van der Waals surface area (Å²) in [5.41, 5.74) is 1.29. The molecule has 0 fully saturated rings. The molecule has 10 nitrogen and oxygen atoms in total. The Bertz CT molecular complexity index is 958. The molecule has 0 unspecified atom stereocenters. The second-order valence-electron chi connectivity index (χ2n) is 5.11. The number of methoxy groups -OCH3 is 1. The number of nitrogens with zero attached hydrogens (tertiary/aromatic N) is 4. The highest BCUT2D eigenvalue weighted by atomic mass is 16.6. The number of hydrogen-bond acceptors (Lipinski definition) is 5. The summed E-state index contributed by atoms with van der Waals surface area (Å²) < 4.78 is 7.50. The van der Waals surface area contributed by atoms with Crippen LogP contribution in [0.5, 0.6) is 5.75 Å². The smallest absolute Gasteiger partial charge is 0.436 e. The highest BCUT2D eigenvalue weighted by Gasteiger charge is 2.37. The van der Waals surface area contributed by atoms with Gasteiger partial charge in [-0.3, -0.25) is 4.79 Å². The molecule has 0 atom stereocenters. The summed E-state index contributed by atoms with van der Waals surface area (Å²) >= 11 is 0. The zero-order valence-corrected chi connectivity index (χ0v) is 13.2. The minimum absolute atomic E-state index is 0.164. The van der Waals surface area contributed by atoms with E-state index in [2.05, 4.69) is 15.5 Å². The molecule has 2 N–H and O–H groups in total. The van der Waals surface area contributed by atoms with Crippen LogP contribution in [0.2, 0.25) is 0 Å². The number of nitrogens with one attached hydrogen (secondary N) is 2. The molecule has 3 aromatic rings. The lowest BCUT2D eigenvalue weighted by Crippen LogP contribution is -2.37. The number of carbonyl (C=O) groups is 1. The second kappa shape index (κ2) is 5.65. The minimum atomic E-state index is -0.555. The van der Waals surface area contributed by atoms with E-state index in [4.69, 9.17) is 4.74 Å². The molecule has 1 amide bonds. The number of benzene rings is 1. The van der Waals surface area contributed by atoms with Crippen molar-refractivity contribution in [3.8, 4) is 5.75 Å². The van der Waals surface area contributed by atoms with Gasteiger partial charge in [-0.15, -0.1) is 0 Å². The fraction of sp³-hybridized carbons (Fsp3) is 0.214. The van der Waals surface area contributed by atoms with Gasteiger partial charge in [-0.25, -0.2) is 0 Å². The van der Waals surface area contributed by atoms with Crippen molar-refractivity contribution >= 4 is 17.4 Å². The summed E-state index contributed by atoms with van der Waals surface area (Å²) in [6.07, 6.45) is 0. The van der Waals surface area contributed by atoms with Crippen molar-refractivity contribution in [1.82, 2.24) is 14.8 Å². The number of fused-ring (bicyclic) bond motifs is 1. The van der Waals surface area contributed by atoms with Crippen molar-refractivity contribution < 1.29 is 19.1 Å². The monoisotopic (exact) mass is 331 g/mol. The van der Waals surface area contributed by atoms with Crippen molar-refractivity contribution in [2.45, 2.75) is 13.8 Å². The summed E-state index contributed by atoms with van der Waals surface area (Å²) in [7, 11) is 1.50. The number of nitro groups is 1. The summed E-state index contributed by atoms with van der Waals surface area (Å²) in [6, 6.07) is 6.95. The number of ether oxygens (including phenoxy) is 1. The molecular formula is C14H15N6O4+. The van der Waals surface area contributed by atoms with Crippen LogP contribution in [0.1, 0.15) is 21.9 Å². The van der Waals surface area contributed by atoms with Crippen LogP contribution in [0.15, 0.2) is 24.3 Å². The first-order valence-electron chi connectivity index (χ1n) is 7.03. The maximum Gasteiger partial charge on any atom is 0.436 e. The summed E-state index contributed by atoms with van der Waals surface area (Å²) in [6.45, 7) is 3.14. The van der Waals surface area contributed by atoms with E-state index in [1.807, 2.05) is 0 Å². The van der Waals surface area contributed by atoms with Gasteiger partial charge in [0.25, 0.3) is 5.69 Å². The highest BCUT2D eigenvalue weighted by molar-refractivity contribution is 6.03. The van der Waals surface area contributed by atoms with Crippen molar-refractivity contribution in [1.29, 1.82) is 0 Å². The Labute approximate surface area is 135 Å². The molecule has 0 radical (unpaired) electrons. The van der Waals surface area contributed by atoms with Gasteiger partial charge in [-0.05, 0) is 24.0 Å². The molecule has 0 aliphatic heterocycles. The van der Waals surface area contributed by atoms with Crippen LogP contribution in [0, 0.1) is 24.0 Å². The fourth-order valence-electron chi connectivity index (χ4n) is 2.49. The molecule has 0 saturated carbocycles. The molecule has 124 valence electrons. The molecule has 1 aromatic carbocycles. The van der Waals surface area contributed by atoms with Crippen LogP contribution in [-0.2, 0) is 0 Å². The van der Waals surface area contributed by atoms with Gasteiger partial charge in [0.15, 0.2) is 10.3 Å². The normalized spacial score (nSPS) is 10.8. The van der Waals surface area contributed by atoms with Gasteiger partial charge < -0.3 is 20.2 Å². The largest absolute Gasteiger partial charge is 0.495 e. The summed E-state index contributed by atoms with van der Waals surface area (Å²) in [4.78, 5) is 23.2. The number of carbonyl (C=O) groups excluding carboxylic acids is 1. The average molecular weight is 331 g/mol. The molecule has 2 heterocycles. The van der Waals surface area contributed by atoms with Crippen LogP contribution >= 0.6 is 0 Å². The molecule has 24 heavy (non-hydrogen) atoms. The first-order valence-corrected chi connectivity index (χ1v) is 7.03. The molecule has 10 heteroatoms. The zero-order chi connectivity index (χ0) is 17.4. The van der Waals surface area contributed by atoms with Crippen LogP contribution < -0.4 is 14.7 Å². The lowest BCUT2D eigenvalue weighted by Gasteiger charge is -2.07. The van der Waals surface area contributed by atoms with Crippen molar-refractivity contribution in [3.05, 3.63) is 51.5 Å². The van der Waals surface area contributed by atoms with Gasteiger partial charge in [0.05, 0.1) is 12.8 Å². The molecule has 0 spiro atoms. The van der Waals surface area contributed by atoms with Crippen molar-refractivity contribution in [3.63, 3.8) is 0 Å². The van der Waals surface area contributed by atoms with E-state index in [-0.39, 0.29) is 11.5 Å². The predicted octanol–water partition coefficient (Wildman–Crippen LogP) is 1.03. The predicted molar refractivity (Wildman–Crippen MR) is 82.3 cm³/mol. The third-order valence-electron chi connectivity index (χ3n) is 3.53. The average Bonchev–Trinajstić information content (AvgIpc) is 2.99. The van der Waals surface area contributed by atoms with Gasteiger partial charge >= 0.3 is 17.4 Å². The molecule has 0 bridgehead atoms. The van der Waals surface area contributed by atoms with Gasteiger partial charge in [-0.2, -0.15) is 5.10 Å². The number of aryl methyl sites for hydroxylation is 2. The SMILES string of the molecule is COc1ccccc1NC(=O)c1c(C)nn2c([N+](=O)[O-])c(C)[nH][n+]12. The van der Waals surface area contributed by atoms with Crippen LogP contribution in [0.3, 0.4) is 0 Å². The molecule has 0 aliphatic carbocycles. The number of anilines is 1. The number of H-pyrrole nitrogens is 1. The maximum atomic E-state index is 12.6. The Kier molecular flexibility index (Phi) is 3.64. The zero-order valence-electron chi connectivity index (χ0n) is 13.2. The Balaban J connectivity index is 2.06. The Morgan fingerprint density at radius 1 is 1.42 bits per heavy atom. The van der Waals surface area contributed by atoms with Gasteiger partial charge in [0, 0.05) is 11.6 Å². The fourth-order valence-corrected chi connectivity index (χ4v) is 2.49. The molecule has 0 aliphatic rings. The number of aromatic amines is 1. The Hall–Kier alpha value is -3.43. The first-order chi connectivity index (χ1) is 11.4. The highest BCUT2D eigenvalue weighted by Crippen LogP contribution is 2.23. The van der Waals surface area contributed by atoms with Crippen LogP contribution in [0.4, 0.5) is 11.5 Å². The molecule has 0 saturated heterocycles. The van der Waals surface area contributed by atoms with E-state index in [1.165, 1.54) is 18.7 Å². The van der Waals surface area contributed by atoms with Crippen molar-refractivity contribution in [2.75, 3.05) is 12.4 Å². The number of para-hydroxylation sites is 2. The van der Waals surface area contributed by atoms with E-state index in [9.17, 15) is 14.9 Å². The summed E-state index contributed by atoms with van der Waals surface area (Å²) in [5, 5.41) is 20.7. The topological polar surface area (TPSA) is 119 Å². The van der Waals surface area contributed by atoms with E-state index < -0.39 is 10.8 Å². The Morgan fingerprint density at radius 3 is 2.79 bits per heavy atom. The quantitative estimate of drug-likeness (QED) is 0.420. The standard InChI is InChI=1S/C14H14N6O4/c1-8-12(13(21)15-10-6-4-5-7-11(10)24-3)18-17-9(2)14(20(22)23)19(18)16-8/h4-7H,1-3H3,(H-,15,16,17,21)/p+1. The molecule has 3 rings (SSSR count). The number of aromatic nitrogens is 4. The lowest BCUT2D eigenvalue weighted by atomic mass is 10.2.